The van der Waals surface area contributed by atoms with Crippen LogP contribution < -0.4 is 0 Å². The molecule has 3 heterocycles. The number of nitrogens with zero attached hydrogens (tertiary/aromatic N) is 5. The van der Waals surface area contributed by atoms with Gasteiger partial charge in [0.25, 0.3) is 0 Å². The van der Waals surface area contributed by atoms with Crippen molar-refractivity contribution in [3.63, 3.8) is 0 Å². The van der Waals surface area contributed by atoms with E-state index in [1.54, 1.807) is 0 Å². The Kier molecular flexibility index (Phi) is 5.67. The number of piperidine rings is 1. The zero-order valence-electron chi connectivity index (χ0n) is 16.0. The molecule has 2 aliphatic rings. The molecule has 160 valence electrons. The predicted molar refractivity (Wildman–Crippen MR) is 95.9 cm³/mol. The molecule has 0 bridgehead atoms. The molecule has 1 atom stereocenters. The number of hydrogen-bond acceptors (Lipinski definition) is 7. The Hall–Kier alpha value is -1.92. The number of rotatable bonds is 8. The summed E-state index contributed by atoms with van der Waals surface area (Å²) >= 11 is 0. The predicted octanol–water partition coefficient (Wildman–Crippen LogP) is 2.26. The highest BCUT2D eigenvalue weighted by atomic mass is 32.2. The van der Waals surface area contributed by atoms with Gasteiger partial charge in [0.2, 0.25) is 15.9 Å². The van der Waals surface area contributed by atoms with Gasteiger partial charge in [0.15, 0.2) is 5.82 Å². The minimum atomic E-state index is -3.92. The van der Waals surface area contributed by atoms with E-state index in [2.05, 4.69) is 15.2 Å². The maximum absolute atomic E-state index is 12.9. The first kappa shape index (κ1) is 20.4. The third-order valence-corrected chi connectivity index (χ3v) is 7.20. The third kappa shape index (κ3) is 4.33. The van der Waals surface area contributed by atoms with E-state index in [4.69, 9.17) is 9.26 Å². The topological polar surface area (TPSA) is 103 Å². The normalized spacial score (nSPS) is 21.2. The summed E-state index contributed by atoms with van der Waals surface area (Å²) in [6.45, 7) is -0.727. The van der Waals surface area contributed by atoms with E-state index in [0.717, 1.165) is 25.5 Å². The summed E-state index contributed by atoms with van der Waals surface area (Å²) in [7, 11) is -3.92. The molecule has 1 unspecified atom stereocenters. The van der Waals surface area contributed by atoms with Crippen molar-refractivity contribution < 1.29 is 26.5 Å². The maximum atomic E-state index is 12.9. The summed E-state index contributed by atoms with van der Waals surface area (Å²) in [5.41, 5.74) is -0.0772. The molecule has 0 spiro atoms. The lowest BCUT2D eigenvalue weighted by atomic mass is 10.1. The number of aromatic nitrogens is 4. The summed E-state index contributed by atoms with van der Waals surface area (Å²) < 4.78 is 64.4. The van der Waals surface area contributed by atoms with Crippen molar-refractivity contribution in [3.8, 4) is 0 Å². The number of sulfonamides is 1. The van der Waals surface area contributed by atoms with E-state index in [1.807, 2.05) is 0 Å². The first-order valence-electron chi connectivity index (χ1n) is 9.62. The summed E-state index contributed by atoms with van der Waals surface area (Å²) in [5.74, 6) is 1.66. The lowest BCUT2D eigenvalue weighted by Gasteiger charge is -2.31. The van der Waals surface area contributed by atoms with Gasteiger partial charge < -0.3 is 9.26 Å². The van der Waals surface area contributed by atoms with Gasteiger partial charge in [-0.2, -0.15) is 23.2 Å². The highest BCUT2D eigenvalue weighted by Gasteiger charge is 2.34. The largest absolute Gasteiger partial charge is 0.376 e. The van der Waals surface area contributed by atoms with E-state index in [9.17, 15) is 17.2 Å². The Morgan fingerprint density at radius 1 is 1.34 bits per heavy atom. The van der Waals surface area contributed by atoms with Gasteiger partial charge in [0, 0.05) is 25.4 Å². The Morgan fingerprint density at radius 2 is 2.14 bits per heavy atom. The van der Waals surface area contributed by atoms with Gasteiger partial charge in [-0.1, -0.05) is 5.16 Å². The highest BCUT2D eigenvalue weighted by molar-refractivity contribution is 7.89. The number of halogens is 2. The fourth-order valence-corrected chi connectivity index (χ4v) is 5.10. The average Bonchev–Trinajstić information content (AvgIpc) is 3.29. The van der Waals surface area contributed by atoms with E-state index in [-0.39, 0.29) is 23.2 Å². The first-order valence-corrected chi connectivity index (χ1v) is 11.1. The molecule has 1 aliphatic carbocycles. The molecule has 4 rings (SSSR count). The molecule has 2 aromatic rings. The van der Waals surface area contributed by atoms with Crippen molar-refractivity contribution >= 4 is 10.0 Å². The van der Waals surface area contributed by atoms with Crippen molar-refractivity contribution in [2.75, 3.05) is 19.7 Å². The number of alkyl halides is 2. The summed E-state index contributed by atoms with van der Waals surface area (Å²) in [4.78, 5) is 4.14. The van der Waals surface area contributed by atoms with Crippen molar-refractivity contribution in [3.05, 3.63) is 23.6 Å². The SMILES string of the molecule is Cc1c(S(=O)(=O)N2CCCC(OCCc3noc(C4CC4)n3)C2)cnn1C(F)F. The monoisotopic (exact) mass is 431 g/mol. The maximum Gasteiger partial charge on any atom is 0.333 e. The van der Waals surface area contributed by atoms with Gasteiger partial charge in [-0.3, -0.25) is 0 Å². The van der Waals surface area contributed by atoms with Crippen LogP contribution in [0.15, 0.2) is 15.6 Å². The van der Waals surface area contributed by atoms with Crippen LogP contribution in [0.3, 0.4) is 0 Å². The molecule has 0 N–H and O–H groups in total. The van der Waals surface area contributed by atoms with Crippen molar-refractivity contribution in [1.29, 1.82) is 0 Å². The van der Waals surface area contributed by atoms with Crippen LogP contribution in [-0.2, 0) is 21.2 Å². The second kappa shape index (κ2) is 8.07. The fourth-order valence-electron chi connectivity index (χ4n) is 3.44. The smallest absolute Gasteiger partial charge is 0.333 e. The van der Waals surface area contributed by atoms with E-state index in [0.29, 0.717) is 48.3 Å². The molecule has 2 fully saturated rings. The molecule has 1 saturated carbocycles. The lowest BCUT2D eigenvalue weighted by molar-refractivity contribution is 0.0198. The van der Waals surface area contributed by atoms with Crippen LogP contribution in [0.5, 0.6) is 0 Å². The second-order valence-corrected chi connectivity index (χ2v) is 9.29. The van der Waals surface area contributed by atoms with E-state index in [1.165, 1.54) is 11.2 Å². The Bertz CT molecular complexity index is 957. The molecule has 9 nitrogen and oxygen atoms in total. The minimum absolute atomic E-state index is 0.0772. The highest BCUT2D eigenvalue weighted by Crippen LogP contribution is 2.38. The molecule has 2 aromatic heterocycles. The van der Waals surface area contributed by atoms with E-state index >= 15 is 0 Å². The molecule has 29 heavy (non-hydrogen) atoms. The van der Waals surface area contributed by atoms with Crippen molar-refractivity contribution in [2.45, 2.75) is 62.5 Å². The lowest BCUT2D eigenvalue weighted by Crippen LogP contribution is -2.43. The Labute approximate surface area is 167 Å². The van der Waals surface area contributed by atoms with Crippen LogP contribution in [0.25, 0.3) is 0 Å². The zero-order chi connectivity index (χ0) is 20.6. The number of hydrogen-bond donors (Lipinski definition) is 0. The van der Waals surface area contributed by atoms with Crippen LogP contribution in [0.4, 0.5) is 8.78 Å². The zero-order valence-corrected chi connectivity index (χ0v) is 16.8. The van der Waals surface area contributed by atoms with Crippen LogP contribution in [0, 0.1) is 6.92 Å². The molecule has 1 saturated heterocycles. The van der Waals surface area contributed by atoms with Crippen LogP contribution in [-0.4, -0.2) is 58.4 Å². The molecule has 1 aliphatic heterocycles. The summed E-state index contributed by atoms with van der Waals surface area (Å²) in [6.07, 6.45) is 4.70. The summed E-state index contributed by atoms with van der Waals surface area (Å²) in [6, 6.07) is 0. The quantitative estimate of drug-likeness (QED) is 0.631. The second-order valence-electron chi connectivity index (χ2n) is 7.39. The van der Waals surface area contributed by atoms with Crippen LogP contribution in [0.2, 0.25) is 0 Å². The van der Waals surface area contributed by atoms with Gasteiger partial charge in [0.05, 0.1) is 24.6 Å². The molecule has 0 aromatic carbocycles. The van der Waals surface area contributed by atoms with Gasteiger partial charge in [-0.05, 0) is 32.6 Å². The van der Waals surface area contributed by atoms with Gasteiger partial charge >= 0.3 is 6.55 Å². The average molecular weight is 431 g/mol. The van der Waals surface area contributed by atoms with Gasteiger partial charge in [-0.25, -0.2) is 13.1 Å². The Morgan fingerprint density at radius 3 is 2.83 bits per heavy atom. The van der Waals surface area contributed by atoms with Crippen LogP contribution in [0.1, 0.15) is 55.6 Å². The molecule has 12 heteroatoms. The van der Waals surface area contributed by atoms with Crippen LogP contribution >= 0.6 is 0 Å². The van der Waals surface area contributed by atoms with Crippen molar-refractivity contribution in [1.82, 2.24) is 24.2 Å². The van der Waals surface area contributed by atoms with Crippen molar-refractivity contribution in [2.24, 2.45) is 0 Å². The molecule has 0 radical (unpaired) electrons. The molecule has 0 amide bonds. The molecular formula is C17H23F2N5O4S. The summed E-state index contributed by atoms with van der Waals surface area (Å²) in [5, 5.41) is 7.44. The Balaban J connectivity index is 1.34. The van der Waals surface area contributed by atoms with Gasteiger partial charge in [0.1, 0.15) is 4.90 Å². The van der Waals surface area contributed by atoms with Gasteiger partial charge in [-0.15, -0.1) is 0 Å². The third-order valence-electron chi connectivity index (χ3n) is 5.23. The first-order chi connectivity index (χ1) is 13.9. The number of ether oxygens (including phenoxy) is 1. The minimum Gasteiger partial charge on any atom is -0.376 e. The molecular weight excluding hydrogens is 408 g/mol. The fraction of sp³-hybridized carbons (Fsp3) is 0.706. The van der Waals surface area contributed by atoms with E-state index < -0.39 is 16.6 Å². The standard InChI is InChI=1S/C17H23F2N5O4S/c1-11-14(9-20-24(11)17(18)19)29(25,26)23-7-2-3-13(10-23)27-8-6-15-21-16(28-22-15)12-4-5-12/h9,12-13,17H,2-8,10H2,1H3.